The molecule has 0 bridgehead atoms. The van der Waals surface area contributed by atoms with Crippen LogP contribution in [-0.2, 0) is 16.0 Å². The summed E-state index contributed by atoms with van der Waals surface area (Å²) >= 11 is 0. The molecule has 8 heteroatoms. The van der Waals surface area contributed by atoms with Crippen LogP contribution in [0.15, 0.2) is 12.5 Å². The Bertz CT molecular complexity index is 447. The molecule has 1 rings (SSSR count). The zero-order valence-electron chi connectivity index (χ0n) is 12.5. The number of carbonyl (C=O) groups is 2. The number of urea groups is 1. The molecule has 0 aliphatic rings. The second kappa shape index (κ2) is 8.25. The van der Waals surface area contributed by atoms with E-state index in [9.17, 15) is 14.7 Å². The van der Waals surface area contributed by atoms with E-state index < -0.39 is 18.0 Å². The second-order valence-corrected chi connectivity index (χ2v) is 4.90. The van der Waals surface area contributed by atoms with Gasteiger partial charge in [-0.3, -0.25) is 0 Å². The van der Waals surface area contributed by atoms with Crippen LogP contribution < -0.4 is 5.32 Å². The van der Waals surface area contributed by atoms with Gasteiger partial charge in [-0.05, 0) is 13.8 Å². The molecule has 3 N–H and O–H groups in total. The number of H-pyrrole nitrogens is 1. The average Bonchev–Trinajstić information content (AvgIpc) is 2.90. The summed E-state index contributed by atoms with van der Waals surface area (Å²) in [6.45, 7) is 4.51. The first-order valence-corrected chi connectivity index (χ1v) is 6.71. The van der Waals surface area contributed by atoms with Crippen LogP contribution >= 0.6 is 0 Å². The van der Waals surface area contributed by atoms with E-state index in [0.717, 1.165) is 0 Å². The van der Waals surface area contributed by atoms with Crippen LogP contribution in [0.2, 0.25) is 0 Å². The lowest BCUT2D eigenvalue weighted by Gasteiger charge is -2.28. The molecule has 1 aromatic heterocycles. The van der Waals surface area contributed by atoms with Gasteiger partial charge in [-0.1, -0.05) is 0 Å². The molecule has 0 aliphatic carbocycles. The Balaban J connectivity index is 2.67. The van der Waals surface area contributed by atoms with Gasteiger partial charge in [0.1, 0.15) is 6.04 Å². The molecule has 0 fully saturated rings. The number of carboxylic acid groups (broad SMARTS) is 1. The van der Waals surface area contributed by atoms with E-state index in [1.165, 1.54) is 17.4 Å². The number of carboxylic acids is 1. The number of amides is 2. The number of hydrogen-bond donors (Lipinski definition) is 3. The van der Waals surface area contributed by atoms with Gasteiger partial charge in [0.2, 0.25) is 0 Å². The Kier molecular flexibility index (Phi) is 6.67. The summed E-state index contributed by atoms with van der Waals surface area (Å²) in [5, 5.41) is 11.8. The number of methoxy groups -OCH3 is 1. The highest BCUT2D eigenvalue weighted by Gasteiger charge is 2.25. The van der Waals surface area contributed by atoms with Gasteiger partial charge < -0.3 is 25.0 Å². The molecule has 0 spiro atoms. The Labute approximate surface area is 123 Å². The lowest BCUT2D eigenvalue weighted by atomic mass is 10.1. The van der Waals surface area contributed by atoms with E-state index in [-0.39, 0.29) is 12.5 Å². The number of aliphatic carboxylic acids is 1. The van der Waals surface area contributed by atoms with Gasteiger partial charge in [-0.15, -0.1) is 0 Å². The van der Waals surface area contributed by atoms with Gasteiger partial charge >= 0.3 is 12.0 Å². The second-order valence-electron chi connectivity index (χ2n) is 4.90. The molecule has 1 aromatic rings. The molecule has 0 saturated carbocycles. The number of aromatic nitrogens is 2. The summed E-state index contributed by atoms with van der Waals surface area (Å²) in [6.07, 6.45) is 3.15. The van der Waals surface area contributed by atoms with Crippen molar-refractivity contribution in [3.8, 4) is 0 Å². The van der Waals surface area contributed by atoms with Crippen LogP contribution in [0.4, 0.5) is 4.79 Å². The van der Waals surface area contributed by atoms with Crippen molar-refractivity contribution in [2.24, 2.45) is 0 Å². The van der Waals surface area contributed by atoms with E-state index in [1.807, 2.05) is 13.8 Å². The van der Waals surface area contributed by atoms with Gasteiger partial charge in [0.25, 0.3) is 0 Å². The first-order valence-electron chi connectivity index (χ1n) is 6.71. The van der Waals surface area contributed by atoms with Crippen molar-refractivity contribution in [2.45, 2.75) is 32.4 Å². The zero-order valence-corrected chi connectivity index (χ0v) is 12.5. The standard InChI is InChI=1S/C13H22N4O4/c1-9(2)17(4-5-21-3)13(20)16-11(12(18)19)6-10-7-14-8-15-10/h7-9,11H,4-6H2,1-3H3,(H,14,15)(H,16,20)(H,18,19). The molecule has 1 unspecified atom stereocenters. The van der Waals surface area contributed by atoms with Crippen LogP contribution in [0.1, 0.15) is 19.5 Å². The summed E-state index contributed by atoms with van der Waals surface area (Å²) in [5.41, 5.74) is 0.649. The Morgan fingerprint density at radius 1 is 1.52 bits per heavy atom. The highest BCUT2D eigenvalue weighted by molar-refractivity contribution is 5.82. The van der Waals surface area contributed by atoms with E-state index in [1.54, 1.807) is 7.11 Å². The Morgan fingerprint density at radius 3 is 2.71 bits per heavy atom. The highest BCUT2D eigenvalue weighted by Crippen LogP contribution is 2.03. The maximum atomic E-state index is 12.2. The minimum absolute atomic E-state index is 0.0539. The number of ether oxygens (including phenoxy) is 1. The fraction of sp³-hybridized carbons (Fsp3) is 0.615. The number of carbonyl (C=O) groups excluding carboxylic acids is 1. The molecule has 21 heavy (non-hydrogen) atoms. The predicted molar refractivity (Wildman–Crippen MR) is 76.0 cm³/mol. The van der Waals surface area contributed by atoms with Gasteiger partial charge in [0.05, 0.1) is 12.9 Å². The van der Waals surface area contributed by atoms with Gasteiger partial charge in [0.15, 0.2) is 0 Å². The summed E-state index contributed by atoms with van der Waals surface area (Å²) in [5.74, 6) is -1.09. The molecule has 1 heterocycles. The average molecular weight is 298 g/mol. The third-order valence-electron chi connectivity index (χ3n) is 3.00. The van der Waals surface area contributed by atoms with Gasteiger partial charge in [-0.2, -0.15) is 0 Å². The summed E-state index contributed by atoms with van der Waals surface area (Å²) in [7, 11) is 1.55. The zero-order chi connectivity index (χ0) is 15.8. The SMILES string of the molecule is COCCN(C(=O)NC(Cc1cnc[nH]1)C(=O)O)C(C)C. The van der Waals surface area contributed by atoms with Crippen LogP contribution in [0.25, 0.3) is 0 Å². The van der Waals surface area contributed by atoms with Crippen molar-refractivity contribution < 1.29 is 19.4 Å². The molecular weight excluding hydrogens is 276 g/mol. The van der Waals surface area contributed by atoms with Crippen molar-refractivity contribution in [3.05, 3.63) is 18.2 Å². The molecule has 1 atom stereocenters. The molecular formula is C13H22N4O4. The number of aromatic amines is 1. The van der Waals surface area contributed by atoms with Crippen molar-refractivity contribution >= 4 is 12.0 Å². The maximum absolute atomic E-state index is 12.2. The molecule has 118 valence electrons. The number of imidazole rings is 1. The monoisotopic (exact) mass is 298 g/mol. The van der Waals surface area contributed by atoms with Crippen molar-refractivity contribution in [3.63, 3.8) is 0 Å². The van der Waals surface area contributed by atoms with Crippen molar-refractivity contribution in [1.82, 2.24) is 20.2 Å². The third kappa shape index (κ3) is 5.42. The van der Waals surface area contributed by atoms with Gasteiger partial charge in [-0.25, -0.2) is 14.6 Å². The molecule has 0 radical (unpaired) electrons. The fourth-order valence-corrected chi connectivity index (χ4v) is 1.83. The summed E-state index contributed by atoms with van der Waals surface area (Å²) < 4.78 is 4.96. The summed E-state index contributed by atoms with van der Waals surface area (Å²) in [6, 6.07) is -1.49. The fourth-order valence-electron chi connectivity index (χ4n) is 1.83. The molecule has 2 amide bonds. The largest absolute Gasteiger partial charge is 0.480 e. The van der Waals surface area contributed by atoms with Crippen molar-refractivity contribution in [2.75, 3.05) is 20.3 Å². The minimum atomic E-state index is -1.09. The van der Waals surface area contributed by atoms with Gasteiger partial charge in [0, 0.05) is 38.0 Å². The quantitative estimate of drug-likeness (QED) is 0.646. The number of hydrogen-bond acceptors (Lipinski definition) is 4. The smallest absolute Gasteiger partial charge is 0.326 e. The lowest BCUT2D eigenvalue weighted by molar-refractivity contribution is -0.139. The topological polar surface area (TPSA) is 108 Å². The van der Waals surface area contributed by atoms with Crippen LogP contribution in [-0.4, -0.2) is 64.3 Å². The number of rotatable bonds is 8. The van der Waals surface area contributed by atoms with Crippen LogP contribution in [0.3, 0.4) is 0 Å². The lowest BCUT2D eigenvalue weighted by Crippen LogP contribution is -2.51. The highest BCUT2D eigenvalue weighted by atomic mass is 16.5. The van der Waals surface area contributed by atoms with E-state index in [4.69, 9.17) is 4.74 Å². The van der Waals surface area contributed by atoms with Crippen LogP contribution in [0, 0.1) is 0 Å². The predicted octanol–water partition coefficient (Wildman–Crippen LogP) is 0.472. The number of nitrogens with zero attached hydrogens (tertiary/aromatic N) is 2. The summed E-state index contributed by atoms with van der Waals surface area (Å²) in [4.78, 5) is 31.7. The van der Waals surface area contributed by atoms with Crippen LogP contribution in [0.5, 0.6) is 0 Å². The van der Waals surface area contributed by atoms with Crippen molar-refractivity contribution in [1.29, 1.82) is 0 Å². The Hall–Kier alpha value is -2.09. The van der Waals surface area contributed by atoms with E-state index in [2.05, 4.69) is 15.3 Å². The van der Waals surface area contributed by atoms with E-state index >= 15 is 0 Å². The minimum Gasteiger partial charge on any atom is -0.480 e. The number of nitrogens with one attached hydrogen (secondary N) is 2. The first kappa shape index (κ1) is 17.0. The molecule has 8 nitrogen and oxygen atoms in total. The first-order chi connectivity index (χ1) is 9.95. The molecule has 0 saturated heterocycles. The third-order valence-corrected chi connectivity index (χ3v) is 3.00. The molecule has 0 aliphatic heterocycles. The Morgan fingerprint density at radius 2 is 2.24 bits per heavy atom. The van der Waals surface area contributed by atoms with E-state index in [0.29, 0.717) is 18.8 Å². The maximum Gasteiger partial charge on any atom is 0.326 e. The molecule has 0 aromatic carbocycles. The normalized spacial score (nSPS) is 12.2.